The van der Waals surface area contributed by atoms with Crippen LogP contribution in [0.4, 0.5) is 0 Å². The molecule has 0 fully saturated rings. The second-order valence-corrected chi connectivity index (χ2v) is 5.49. The van der Waals surface area contributed by atoms with Crippen molar-refractivity contribution in [1.82, 2.24) is 10.6 Å². The highest BCUT2D eigenvalue weighted by Crippen LogP contribution is 2.19. The fraction of sp³-hybridized carbons (Fsp3) is 0.417. The molecule has 0 spiro atoms. The quantitative estimate of drug-likeness (QED) is 0.460. The molecule has 0 atom stereocenters. The minimum atomic E-state index is 0.654. The second-order valence-electron chi connectivity index (χ2n) is 3.48. The van der Waals surface area contributed by atoms with Crippen molar-refractivity contribution in [2.24, 2.45) is 0 Å². The fourth-order valence-electron chi connectivity index (χ4n) is 1.19. The van der Waals surface area contributed by atoms with Crippen LogP contribution >= 0.6 is 35.6 Å². The molecule has 0 radical (unpaired) electrons. The number of benzene rings is 1. The van der Waals surface area contributed by atoms with Crippen molar-refractivity contribution >= 4 is 40.7 Å². The molecule has 3 nitrogen and oxygen atoms in total. The van der Waals surface area contributed by atoms with E-state index in [1.165, 1.54) is 4.90 Å². The van der Waals surface area contributed by atoms with Crippen LogP contribution in [0, 0.1) is 0 Å². The van der Waals surface area contributed by atoms with Crippen LogP contribution < -0.4 is 10.6 Å². The van der Waals surface area contributed by atoms with E-state index in [-0.39, 0.29) is 0 Å². The van der Waals surface area contributed by atoms with Crippen molar-refractivity contribution in [2.45, 2.75) is 4.90 Å². The number of thioether (sulfide) groups is 1. The number of hydrogen-bond donors (Lipinski definition) is 2. The highest BCUT2D eigenvalue weighted by molar-refractivity contribution is 7.99. The third-order valence-electron chi connectivity index (χ3n) is 2.06. The van der Waals surface area contributed by atoms with E-state index >= 15 is 0 Å². The predicted octanol–water partition coefficient (Wildman–Crippen LogP) is 2.54. The first kappa shape index (κ1) is 15.6. The zero-order chi connectivity index (χ0) is 13.2. The number of halogens is 1. The monoisotopic (exact) mass is 304 g/mol. The van der Waals surface area contributed by atoms with Crippen molar-refractivity contribution in [1.29, 1.82) is 0 Å². The minimum absolute atomic E-state index is 0.654. The predicted molar refractivity (Wildman–Crippen MR) is 82.7 cm³/mol. The van der Waals surface area contributed by atoms with Gasteiger partial charge in [0.2, 0.25) is 0 Å². The minimum Gasteiger partial charge on any atom is -0.383 e. The summed E-state index contributed by atoms with van der Waals surface area (Å²) in [5.74, 6) is 0.952. The Bertz CT molecular complexity index is 360. The molecule has 1 aromatic carbocycles. The van der Waals surface area contributed by atoms with Crippen molar-refractivity contribution in [3.8, 4) is 0 Å². The summed E-state index contributed by atoms with van der Waals surface area (Å²) < 4.78 is 4.92. The lowest BCUT2D eigenvalue weighted by molar-refractivity contribution is 0.204. The Labute approximate surface area is 123 Å². The first-order valence-corrected chi connectivity index (χ1v) is 7.38. The highest BCUT2D eigenvalue weighted by Gasteiger charge is 1.96. The van der Waals surface area contributed by atoms with Crippen molar-refractivity contribution in [3.63, 3.8) is 0 Å². The van der Waals surface area contributed by atoms with Crippen LogP contribution in [0.5, 0.6) is 0 Å². The second kappa shape index (κ2) is 9.44. The largest absolute Gasteiger partial charge is 0.383 e. The first-order chi connectivity index (χ1) is 8.72. The van der Waals surface area contributed by atoms with Crippen LogP contribution in [0.1, 0.15) is 0 Å². The Morgan fingerprint density at radius 2 is 1.94 bits per heavy atom. The van der Waals surface area contributed by atoms with Gasteiger partial charge in [0.15, 0.2) is 5.11 Å². The van der Waals surface area contributed by atoms with E-state index in [2.05, 4.69) is 10.6 Å². The van der Waals surface area contributed by atoms with Crippen LogP contribution in [0.2, 0.25) is 5.02 Å². The Balaban J connectivity index is 2.07. The van der Waals surface area contributed by atoms with E-state index in [0.717, 1.165) is 23.9 Å². The van der Waals surface area contributed by atoms with Crippen LogP contribution in [-0.4, -0.2) is 37.7 Å². The van der Waals surface area contributed by atoms with E-state index in [0.29, 0.717) is 11.7 Å². The highest BCUT2D eigenvalue weighted by atomic mass is 35.5. The van der Waals surface area contributed by atoms with Gasteiger partial charge in [0.1, 0.15) is 0 Å². The van der Waals surface area contributed by atoms with Crippen LogP contribution in [-0.2, 0) is 4.74 Å². The van der Waals surface area contributed by atoms with Gasteiger partial charge in [-0.25, -0.2) is 0 Å². The number of ether oxygens (including phenoxy) is 1. The van der Waals surface area contributed by atoms with Crippen LogP contribution in [0.15, 0.2) is 29.2 Å². The summed E-state index contributed by atoms with van der Waals surface area (Å²) in [6, 6.07) is 7.83. The van der Waals surface area contributed by atoms with Crippen LogP contribution in [0.25, 0.3) is 0 Å². The maximum atomic E-state index is 5.82. The van der Waals surface area contributed by atoms with E-state index in [1.807, 2.05) is 24.3 Å². The van der Waals surface area contributed by atoms with E-state index in [4.69, 9.17) is 28.6 Å². The molecule has 1 aromatic rings. The number of methoxy groups -OCH3 is 1. The van der Waals surface area contributed by atoms with E-state index in [1.54, 1.807) is 18.9 Å². The number of rotatable bonds is 7. The Morgan fingerprint density at radius 3 is 2.61 bits per heavy atom. The molecule has 1 rings (SSSR count). The zero-order valence-corrected chi connectivity index (χ0v) is 12.6. The van der Waals surface area contributed by atoms with Crippen molar-refractivity contribution in [3.05, 3.63) is 29.3 Å². The molecule has 0 aliphatic carbocycles. The molecule has 100 valence electrons. The summed E-state index contributed by atoms with van der Waals surface area (Å²) in [6.45, 7) is 2.21. The molecule has 6 heteroatoms. The molecule has 2 N–H and O–H groups in total. The molecule has 0 saturated carbocycles. The van der Waals surface area contributed by atoms with Crippen LogP contribution in [0.3, 0.4) is 0 Å². The number of nitrogens with one attached hydrogen (secondary N) is 2. The number of thiocarbonyl (C=S) groups is 1. The maximum absolute atomic E-state index is 5.82. The summed E-state index contributed by atoms with van der Waals surface area (Å²) in [5.41, 5.74) is 0. The van der Waals surface area contributed by atoms with Gasteiger partial charge in [-0.05, 0) is 36.5 Å². The molecule has 0 amide bonds. The lowest BCUT2D eigenvalue weighted by atomic mass is 10.4. The lowest BCUT2D eigenvalue weighted by Crippen LogP contribution is -2.38. The Kier molecular flexibility index (Phi) is 8.17. The molecule has 0 bridgehead atoms. The van der Waals surface area contributed by atoms with E-state index < -0.39 is 0 Å². The molecule has 0 aliphatic rings. The molecule has 0 aromatic heterocycles. The summed E-state index contributed by atoms with van der Waals surface area (Å²) >= 11 is 12.7. The average Bonchev–Trinajstić information content (AvgIpc) is 2.37. The molecule has 0 heterocycles. The van der Waals surface area contributed by atoms with Crippen molar-refractivity contribution in [2.75, 3.05) is 32.6 Å². The lowest BCUT2D eigenvalue weighted by Gasteiger charge is -2.09. The summed E-state index contributed by atoms with van der Waals surface area (Å²) in [6.07, 6.45) is 0. The van der Waals surface area contributed by atoms with E-state index in [9.17, 15) is 0 Å². The molecular formula is C12H17ClN2OS2. The topological polar surface area (TPSA) is 33.3 Å². The van der Waals surface area contributed by atoms with Gasteiger partial charge in [0.25, 0.3) is 0 Å². The summed E-state index contributed by atoms with van der Waals surface area (Å²) in [7, 11) is 1.67. The van der Waals surface area contributed by atoms with Gasteiger partial charge in [-0.1, -0.05) is 11.6 Å². The molecule has 18 heavy (non-hydrogen) atoms. The standard InChI is InChI=1S/C12H17ClN2OS2/c1-16-8-6-14-12(17)15-7-9-18-11-4-2-10(13)3-5-11/h2-5H,6-9H2,1H3,(H2,14,15,17). The summed E-state index contributed by atoms with van der Waals surface area (Å²) in [4.78, 5) is 1.21. The van der Waals surface area contributed by atoms with Gasteiger partial charge in [-0.2, -0.15) is 0 Å². The van der Waals surface area contributed by atoms with Crippen molar-refractivity contribution < 1.29 is 4.74 Å². The third-order valence-corrected chi connectivity index (χ3v) is 3.62. The summed E-state index contributed by atoms with van der Waals surface area (Å²) in [5, 5.41) is 7.63. The normalized spacial score (nSPS) is 10.1. The SMILES string of the molecule is COCCNC(=S)NCCSc1ccc(Cl)cc1. The van der Waals surface area contributed by atoms with Gasteiger partial charge in [-0.15, -0.1) is 11.8 Å². The number of hydrogen-bond acceptors (Lipinski definition) is 3. The van der Waals surface area contributed by atoms with Gasteiger partial charge < -0.3 is 15.4 Å². The average molecular weight is 305 g/mol. The molecule has 0 saturated heterocycles. The smallest absolute Gasteiger partial charge is 0.166 e. The third kappa shape index (κ3) is 7.06. The Morgan fingerprint density at radius 1 is 1.28 bits per heavy atom. The van der Waals surface area contributed by atoms with Gasteiger partial charge >= 0.3 is 0 Å². The Hall–Kier alpha value is -0.490. The molecular weight excluding hydrogens is 288 g/mol. The molecule has 0 aliphatic heterocycles. The van der Waals surface area contributed by atoms with Gasteiger partial charge in [0, 0.05) is 35.9 Å². The zero-order valence-electron chi connectivity index (χ0n) is 10.2. The first-order valence-electron chi connectivity index (χ1n) is 5.61. The van der Waals surface area contributed by atoms with Gasteiger partial charge in [-0.3, -0.25) is 0 Å². The van der Waals surface area contributed by atoms with Gasteiger partial charge in [0.05, 0.1) is 6.61 Å². The molecule has 0 unspecified atom stereocenters. The maximum Gasteiger partial charge on any atom is 0.166 e. The fourth-order valence-corrected chi connectivity index (χ4v) is 2.29.